The summed E-state index contributed by atoms with van der Waals surface area (Å²) in [5.41, 5.74) is 0.953. The topological polar surface area (TPSA) is 29.0 Å². The van der Waals surface area contributed by atoms with Crippen LogP contribution in [0.1, 0.15) is 17.9 Å². The van der Waals surface area contributed by atoms with Gasteiger partial charge in [0.2, 0.25) is 0 Å². The number of hydrogen-bond acceptors (Lipinski definition) is 3. The van der Waals surface area contributed by atoms with Gasteiger partial charge in [-0.2, -0.15) is 0 Å². The number of hydrogen-bond donors (Lipinski definition) is 0. The van der Waals surface area contributed by atoms with E-state index in [1.807, 2.05) is 6.92 Å². The van der Waals surface area contributed by atoms with Crippen molar-refractivity contribution in [3.05, 3.63) is 22.7 Å². The lowest BCUT2D eigenvalue weighted by Gasteiger charge is -2.16. The van der Waals surface area contributed by atoms with E-state index in [-0.39, 0.29) is 0 Å². The molecule has 1 saturated carbocycles. The molecule has 0 spiro atoms. The highest BCUT2D eigenvalue weighted by Gasteiger charge is 2.44. The SMILES string of the molecule is Cc1cc(Cl)nc(CN2CC3CC3C2)n1. The lowest BCUT2D eigenvalue weighted by molar-refractivity contribution is 0.289. The van der Waals surface area contributed by atoms with Crippen molar-refractivity contribution in [2.24, 2.45) is 11.8 Å². The summed E-state index contributed by atoms with van der Waals surface area (Å²) in [4.78, 5) is 11.1. The van der Waals surface area contributed by atoms with Gasteiger partial charge in [-0.05, 0) is 31.2 Å². The standard InChI is InChI=1S/C11H14ClN3/c1-7-2-10(12)14-11(13-7)6-15-4-8-3-9(8)5-15/h2,8-9H,3-6H2,1H3. The number of fused-ring (bicyclic) bond motifs is 1. The summed E-state index contributed by atoms with van der Waals surface area (Å²) >= 11 is 5.90. The third-order valence-electron chi connectivity index (χ3n) is 3.29. The van der Waals surface area contributed by atoms with Gasteiger partial charge in [0, 0.05) is 18.8 Å². The van der Waals surface area contributed by atoms with Crippen LogP contribution in [0.5, 0.6) is 0 Å². The van der Waals surface area contributed by atoms with Gasteiger partial charge in [0.15, 0.2) is 0 Å². The zero-order valence-corrected chi connectivity index (χ0v) is 9.54. The zero-order chi connectivity index (χ0) is 10.4. The van der Waals surface area contributed by atoms with Crippen LogP contribution in [0.3, 0.4) is 0 Å². The molecule has 3 nitrogen and oxygen atoms in total. The number of aryl methyl sites for hydroxylation is 1. The Labute approximate surface area is 94.5 Å². The van der Waals surface area contributed by atoms with Crippen LogP contribution >= 0.6 is 11.6 Å². The first kappa shape index (κ1) is 9.55. The van der Waals surface area contributed by atoms with Gasteiger partial charge >= 0.3 is 0 Å². The molecule has 2 aliphatic rings. The fourth-order valence-electron chi connectivity index (χ4n) is 2.48. The number of piperidine rings is 1. The van der Waals surface area contributed by atoms with Gasteiger partial charge in [0.1, 0.15) is 11.0 Å². The molecule has 1 aromatic rings. The van der Waals surface area contributed by atoms with Crippen molar-refractivity contribution in [1.29, 1.82) is 0 Å². The van der Waals surface area contributed by atoms with E-state index in [9.17, 15) is 0 Å². The summed E-state index contributed by atoms with van der Waals surface area (Å²) in [6.45, 7) is 5.26. The van der Waals surface area contributed by atoms with Gasteiger partial charge in [-0.1, -0.05) is 11.6 Å². The molecule has 0 amide bonds. The summed E-state index contributed by atoms with van der Waals surface area (Å²) in [6.07, 6.45) is 1.44. The third-order valence-corrected chi connectivity index (χ3v) is 3.48. The molecule has 15 heavy (non-hydrogen) atoms. The van der Waals surface area contributed by atoms with E-state index >= 15 is 0 Å². The van der Waals surface area contributed by atoms with Crippen molar-refractivity contribution in [3.8, 4) is 0 Å². The van der Waals surface area contributed by atoms with E-state index in [1.165, 1.54) is 19.5 Å². The van der Waals surface area contributed by atoms with Crippen LogP contribution in [0, 0.1) is 18.8 Å². The highest BCUT2D eigenvalue weighted by atomic mass is 35.5. The van der Waals surface area contributed by atoms with E-state index in [0.29, 0.717) is 5.15 Å². The minimum Gasteiger partial charge on any atom is -0.295 e. The van der Waals surface area contributed by atoms with Crippen LogP contribution in [-0.2, 0) is 6.54 Å². The van der Waals surface area contributed by atoms with Crippen molar-refractivity contribution in [1.82, 2.24) is 14.9 Å². The molecular formula is C11H14ClN3. The van der Waals surface area contributed by atoms with E-state index in [4.69, 9.17) is 11.6 Å². The predicted molar refractivity (Wildman–Crippen MR) is 58.7 cm³/mol. The monoisotopic (exact) mass is 223 g/mol. The van der Waals surface area contributed by atoms with Gasteiger partial charge in [-0.15, -0.1) is 0 Å². The van der Waals surface area contributed by atoms with E-state index < -0.39 is 0 Å². The summed E-state index contributed by atoms with van der Waals surface area (Å²) in [5, 5.41) is 0.557. The molecule has 1 aliphatic carbocycles. The summed E-state index contributed by atoms with van der Waals surface area (Å²) in [5.74, 6) is 2.79. The minimum absolute atomic E-state index is 0.557. The first-order valence-corrected chi connectivity index (χ1v) is 5.81. The highest BCUT2D eigenvalue weighted by Crippen LogP contribution is 2.45. The van der Waals surface area contributed by atoms with Crippen molar-refractivity contribution in [2.75, 3.05) is 13.1 Å². The lowest BCUT2D eigenvalue weighted by Crippen LogP contribution is -2.23. The van der Waals surface area contributed by atoms with Crippen LogP contribution < -0.4 is 0 Å². The molecule has 3 rings (SSSR count). The quantitative estimate of drug-likeness (QED) is 0.717. The Balaban J connectivity index is 1.70. The average molecular weight is 224 g/mol. The van der Waals surface area contributed by atoms with Gasteiger partial charge in [0.05, 0.1) is 6.54 Å². The van der Waals surface area contributed by atoms with Crippen molar-refractivity contribution in [2.45, 2.75) is 19.9 Å². The Morgan fingerprint density at radius 2 is 2.13 bits per heavy atom. The van der Waals surface area contributed by atoms with E-state index in [1.54, 1.807) is 6.07 Å². The maximum absolute atomic E-state index is 5.90. The van der Waals surface area contributed by atoms with Crippen LogP contribution in [-0.4, -0.2) is 28.0 Å². The maximum Gasteiger partial charge on any atom is 0.144 e. The maximum atomic E-state index is 5.90. The molecule has 0 radical (unpaired) electrons. The summed E-state index contributed by atoms with van der Waals surface area (Å²) in [7, 11) is 0. The first-order valence-electron chi connectivity index (χ1n) is 5.43. The third kappa shape index (κ3) is 1.99. The number of rotatable bonds is 2. The van der Waals surface area contributed by atoms with E-state index in [0.717, 1.165) is 29.9 Å². The lowest BCUT2D eigenvalue weighted by atomic mass is 10.4. The van der Waals surface area contributed by atoms with Gasteiger partial charge < -0.3 is 0 Å². The Morgan fingerprint density at radius 3 is 2.80 bits per heavy atom. The highest BCUT2D eigenvalue weighted by molar-refractivity contribution is 6.29. The molecule has 80 valence electrons. The number of nitrogens with zero attached hydrogens (tertiary/aromatic N) is 3. The average Bonchev–Trinajstić information content (AvgIpc) is 2.72. The van der Waals surface area contributed by atoms with Crippen molar-refractivity contribution in [3.63, 3.8) is 0 Å². The van der Waals surface area contributed by atoms with E-state index in [2.05, 4.69) is 14.9 Å². The first-order chi connectivity index (χ1) is 7.20. The summed E-state index contributed by atoms with van der Waals surface area (Å²) in [6, 6.07) is 1.80. The largest absolute Gasteiger partial charge is 0.295 e. The molecule has 0 N–H and O–H groups in total. The molecule has 2 heterocycles. The second-order valence-corrected chi connectivity index (χ2v) is 5.09. The Morgan fingerprint density at radius 1 is 1.40 bits per heavy atom. The van der Waals surface area contributed by atoms with Crippen LogP contribution in [0.4, 0.5) is 0 Å². The molecule has 1 aromatic heterocycles. The number of aromatic nitrogens is 2. The minimum atomic E-state index is 0.557. The predicted octanol–water partition coefficient (Wildman–Crippen LogP) is 1.89. The fraction of sp³-hybridized carbons (Fsp3) is 0.636. The van der Waals surface area contributed by atoms with Crippen LogP contribution in [0.25, 0.3) is 0 Å². The molecule has 2 fully saturated rings. The van der Waals surface area contributed by atoms with Crippen LogP contribution in [0.2, 0.25) is 5.15 Å². The van der Waals surface area contributed by atoms with Crippen molar-refractivity contribution < 1.29 is 0 Å². The molecule has 2 unspecified atom stereocenters. The second-order valence-electron chi connectivity index (χ2n) is 4.70. The van der Waals surface area contributed by atoms with Crippen molar-refractivity contribution >= 4 is 11.6 Å². The van der Waals surface area contributed by atoms with Gasteiger partial charge in [-0.25, -0.2) is 9.97 Å². The molecule has 1 aliphatic heterocycles. The number of halogens is 1. The Kier molecular flexibility index (Phi) is 2.18. The normalized spacial score (nSPS) is 29.2. The van der Waals surface area contributed by atoms with Gasteiger partial charge in [-0.3, -0.25) is 4.90 Å². The Bertz CT molecular complexity index is 363. The van der Waals surface area contributed by atoms with Gasteiger partial charge in [0.25, 0.3) is 0 Å². The second kappa shape index (κ2) is 3.42. The van der Waals surface area contributed by atoms with Crippen LogP contribution in [0.15, 0.2) is 6.07 Å². The molecule has 1 saturated heterocycles. The zero-order valence-electron chi connectivity index (χ0n) is 8.78. The molecule has 2 atom stereocenters. The molecule has 0 bridgehead atoms. The fourth-order valence-corrected chi connectivity index (χ4v) is 2.74. The smallest absolute Gasteiger partial charge is 0.144 e. The molecule has 0 aromatic carbocycles. The Hall–Kier alpha value is -0.670. The molecule has 4 heteroatoms. The summed E-state index contributed by atoms with van der Waals surface area (Å²) < 4.78 is 0. The molecular weight excluding hydrogens is 210 g/mol. The number of likely N-dealkylation sites (tertiary alicyclic amines) is 1.